The lowest BCUT2D eigenvalue weighted by atomic mass is 10.2. The molecule has 0 atom stereocenters. The predicted molar refractivity (Wildman–Crippen MR) is 112 cm³/mol. The van der Waals surface area contributed by atoms with E-state index in [1.807, 2.05) is 0 Å². The van der Waals surface area contributed by atoms with Crippen molar-refractivity contribution in [2.75, 3.05) is 5.32 Å². The third kappa shape index (κ3) is 4.31. The van der Waals surface area contributed by atoms with Gasteiger partial charge in [0.2, 0.25) is 21.0 Å². The zero-order valence-corrected chi connectivity index (χ0v) is 16.5. The summed E-state index contributed by atoms with van der Waals surface area (Å²) in [5.74, 6) is -0.741. The SMILES string of the molecule is C=CCn1c(O)c(N=NC(=S)Nc2ccccc2S(N)(=O)=O)c2cc(F)ccc21. The molecule has 0 amide bonds. The van der Waals surface area contributed by atoms with Gasteiger partial charge < -0.3 is 15.0 Å². The summed E-state index contributed by atoms with van der Waals surface area (Å²) in [5, 5.41) is 26.2. The minimum Gasteiger partial charge on any atom is -0.493 e. The second-order valence-electron chi connectivity index (χ2n) is 5.90. The summed E-state index contributed by atoms with van der Waals surface area (Å²) < 4.78 is 38.5. The van der Waals surface area contributed by atoms with Crippen LogP contribution < -0.4 is 10.5 Å². The van der Waals surface area contributed by atoms with Crippen LogP contribution in [0, 0.1) is 5.82 Å². The molecule has 8 nitrogen and oxygen atoms in total. The number of primary sulfonamides is 1. The molecule has 0 bridgehead atoms. The van der Waals surface area contributed by atoms with Gasteiger partial charge >= 0.3 is 0 Å². The first-order chi connectivity index (χ1) is 13.7. The monoisotopic (exact) mass is 433 g/mol. The Balaban J connectivity index is 1.96. The fourth-order valence-corrected chi connectivity index (χ4v) is 3.61. The number of hydrogen-bond acceptors (Lipinski definition) is 5. The molecule has 0 aliphatic heterocycles. The van der Waals surface area contributed by atoms with Crippen molar-refractivity contribution in [1.29, 1.82) is 0 Å². The molecule has 150 valence electrons. The Labute approximate surface area is 171 Å². The molecular weight excluding hydrogens is 417 g/mol. The normalized spacial score (nSPS) is 11.8. The van der Waals surface area contributed by atoms with E-state index in [9.17, 15) is 17.9 Å². The van der Waals surface area contributed by atoms with Gasteiger partial charge in [0.25, 0.3) is 0 Å². The van der Waals surface area contributed by atoms with Gasteiger partial charge in [0.15, 0.2) is 5.69 Å². The number of anilines is 1. The van der Waals surface area contributed by atoms with Crippen LogP contribution in [-0.4, -0.2) is 23.2 Å². The number of halogens is 1. The number of para-hydroxylation sites is 1. The molecule has 0 aliphatic carbocycles. The van der Waals surface area contributed by atoms with Crippen molar-refractivity contribution in [3.05, 3.63) is 60.9 Å². The molecule has 3 rings (SSSR count). The molecule has 4 N–H and O–H groups in total. The van der Waals surface area contributed by atoms with Crippen LogP contribution in [0.3, 0.4) is 0 Å². The number of fused-ring (bicyclic) bond motifs is 1. The Morgan fingerprint density at radius 3 is 2.76 bits per heavy atom. The van der Waals surface area contributed by atoms with Crippen LogP contribution >= 0.6 is 12.2 Å². The molecule has 0 fully saturated rings. The number of thiocarbonyl (C=S) groups is 1. The third-order valence-electron chi connectivity index (χ3n) is 3.96. The maximum absolute atomic E-state index is 13.7. The Kier molecular flexibility index (Phi) is 5.73. The smallest absolute Gasteiger partial charge is 0.240 e. The van der Waals surface area contributed by atoms with Crippen molar-refractivity contribution < 1.29 is 17.9 Å². The van der Waals surface area contributed by atoms with E-state index < -0.39 is 15.8 Å². The average molecular weight is 433 g/mol. The maximum Gasteiger partial charge on any atom is 0.240 e. The maximum atomic E-state index is 13.7. The van der Waals surface area contributed by atoms with Crippen molar-refractivity contribution >= 4 is 49.6 Å². The molecule has 1 aromatic heterocycles. The second kappa shape index (κ2) is 8.07. The average Bonchev–Trinajstić information content (AvgIpc) is 2.91. The predicted octanol–water partition coefficient (Wildman–Crippen LogP) is 3.80. The fourth-order valence-electron chi connectivity index (χ4n) is 2.76. The highest BCUT2D eigenvalue weighted by molar-refractivity contribution is 7.89. The molecular formula is C18H16FN5O3S2. The summed E-state index contributed by atoms with van der Waals surface area (Å²) in [4.78, 5) is -0.162. The van der Waals surface area contributed by atoms with E-state index in [1.54, 1.807) is 12.1 Å². The quantitative estimate of drug-likeness (QED) is 0.321. The van der Waals surface area contributed by atoms with Crippen LogP contribution in [0.5, 0.6) is 5.88 Å². The Morgan fingerprint density at radius 1 is 1.34 bits per heavy atom. The van der Waals surface area contributed by atoms with Crippen LogP contribution in [0.4, 0.5) is 15.8 Å². The van der Waals surface area contributed by atoms with E-state index in [4.69, 9.17) is 17.4 Å². The lowest BCUT2D eigenvalue weighted by Crippen LogP contribution is -2.16. The zero-order valence-electron chi connectivity index (χ0n) is 14.9. The summed E-state index contributed by atoms with van der Waals surface area (Å²) in [6.45, 7) is 3.90. The number of nitrogens with zero attached hydrogens (tertiary/aromatic N) is 3. The summed E-state index contributed by atoms with van der Waals surface area (Å²) in [5.41, 5.74) is 0.685. The van der Waals surface area contributed by atoms with Crippen LogP contribution in [0.2, 0.25) is 0 Å². The standard InChI is InChI=1S/C18H16FN5O3S2/c1-2-9-24-14-8-7-11(19)10-12(14)16(17(24)25)22-23-18(28)21-13-5-3-4-6-15(13)29(20,26)27/h2-8,10,25H,1,9H2,(H,21,28)(H2,20,26,27). The van der Waals surface area contributed by atoms with E-state index in [-0.39, 0.29) is 33.8 Å². The van der Waals surface area contributed by atoms with Gasteiger partial charge in [-0.05, 0) is 42.5 Å². The number of aromatic nitrogens is 1. The number of azo groups is 1. The van der Waals surface area contributed by atoms with Gasteiger partial charge in [0.05, 0.1) is 11.2 Å². The van der Waals surface area contributed by atoms with Crippen molar-refractivity contribution in [2.45, 2.75) is 11.4 Å². The summed E-state index contributed by atoms with van der Waals surface area (Å²) >= 11 is 5.08. The highest BCUT2D eigenvalue weighted by Gasteiger charge is 2.17. The van der Waals surface area contributed by atoms with Crippen LogP contribution in [0.25, 0.3) is 10.9 Å². The second-order valence-corrected chi connectivity index (χ2v) is 7.82. The number of benzene rings is 2. The molecule has 3 aromatic rings. The van der Waals surface area contributed by atoms with Crippen LogP contribution in [-0.2, 0) is 16.6 Å². The van der Waals surface area contributed by atoms with E-state index in [1.165, 1.54) is 41.0 Å². The number of sulfonamides is 1. The number of nitrogens with one attached hydrogen (secondary N) is 1. The molecule has 0 aliphatic rings. The van der Waals surface area contributed by atoms with E-state index >= 15 is 0 Å². The molecule has 2 aromatic carbocycles. The van der Waals surface area contributed by atoms with Gasteiger partial charge in [-0.1, -0.05) is 18.2 Å². The number of hydrogen-bond donors (Lipinski definition) is 3. The molecule has 0 radical (unpaired) electrons. The highest BCUT2D eigenvalue weighted by Crippen LogP contribution is 2.39. The van der Waals surface area contributed by atoms with Gasteiger partial charge in [0, 0.05) is 11.9 Å². The first kappa shape index (κ1) is 20.6. The first-order valence-corrected chi connectivity index (χ1v) is 10.1. The molecule has 0 unspecified atom stereocenters. The minimum atomic E-state index is -3.98. The zero-order chi connectivity index (χ0) is 21.2. The first-order valence-electron chi connectivity index (χ1n) is 8.18. The summed E-state index contributed by atoms with van der Waals surface area (Å²) in [7, 11) is -3.98. The van der Waals surface area contributed by atoms with Gasteiger partial charge in [0.1, 0.15) is 10.7 Å². The molecule has 0 spiro atoms. The van der Waals surface area contributed by atoms with E-state index in [0.717, 1.165) is 0 Å². The van der Waals surface area contributed by atoms with Crippen LogP contribution in [0.1, 0.15) is 0 Å². The van der Waals surface area contributed by atoms with Crippen molar-refractivity contribution in [3.8, 4) is 5.88 Å². The van der Waals surface area contributed by atoms with Crippen molar-refractivity contribution in [3.63, 3.8) is 0 Å². The summed E-state index contributed by atoms with van der Waals surface area (Å²) in [6, 6.07) is 9.87. The molecule has 11 heteroatoms. The van der Waals surface area contributed by atoms with Gasteiger partial charge in [-0.15, -0.1) is 16.8 Å². The lowest BCUT2D eigenvalue weighted by molar-refractivity contribution is 0.431. The number of rotatable bonds is 5. The molecule has 0 saturated heterocycles. The highest BCUT2D eigenvalue weighted by atomic mass is 32.2. The van der Waals surface area contributed by atoms with Crippen molar-refractivity contribution in [1.82, 2.24) is 4.57 Å². The largest absolute Gasteiger partial charge is 0.493 e. The minimum absolute atomic E-state index is 0.0187. The number of allylic oxidation sites excluding steroid dienone is 1. The van der Waals surface area contributed by atoms with Crippen molar-refractivity contribution in [2.24, 2.45) is 15.4 Å². The van der Waals surface area contributed by atoms with Gasteiger partial charge in [-0.2, -0.15) is 0 Å². The van der Waals surface area contributed by atoms with E-state index in [0.29, 0.717) is 10.9 Å². The van der Waals surface area contributed by atoms with Crippen LogP contribution in [0.15, 0.2) is 70.2 Å². The Hall–Kier alpha value is -3.15. The topological polar surface area (TPSA) is 122 Å². The molecule has 29 heavy (non-hydrogen) atoms. The number of aromatic hydroxyl groups is 1. The van der Waals surface area contributed by atoms with Gasteiger partial charge in [-0.25, -0.2) is 17.9 Å². The van der Waals surface area contributed by atoms with E-state index in [2.05, 4.69) is 22.1 Å². The summed E-state index contributed by atoms with van der Waals surface area (Å²) in [6.07, 6.45) is 1.57. The third-order valence-corrected chi connectivity index (χ3v) is 5.11. The lowest BCUT2D eigenvalue weighted by Gasteiger charge is -2.08. The number of nitrogens with two attached hydrogens (primary N) is 1. The Bertz CT molecular complexity index is 1250. The molecule has 0 saturated carbocycles. The fraction of sp³-hybridized carbons (Fsp3) is 0.0556. The Morgan fingerprint density at radius 2 is 2.07 bits per heavy atom. The van der Waals surface area contributed by atoms with Gasteiger partial charge in [-0.3, -0.25) is 0 Å². The molecule has 1 heterocycles.